The van der Waals surface area contributed by atoms with Crippen LogP contribution in [0.4, 0.5) is 0 Å². The molecule has 1 aliphatic heterocycles. The van der Waals surface area contributed by atoms with Gasteiger partial charge in [-0.25, -0.2) is 9.97 Å². The van der Waals surface area contributed by atoms with Crippen LogP contribution in [0.1, 0.15) is 5.56 Å². The first kappa shape index (κ1) is 18.8. The summed E-state index contributed by atoms with van der Waals surface area (Å²) in [4.78, 5) is 21.3. The highest BCUT2D eigenvalue weighted by Crippen LogP contribution is 2.39. The van der Waals surface area contributed by atoms with Gasteiger partial charge in [0.1, 0.15) is 18.2 Å². The lowest BCUT2D eigenvalue weighted by Gasteiger charge is -2.12. The average Bonchev–Trinajstić information content (AvgIpc) is 3.16. The van der Waals surface area contributed by atoms with Crippen LogP contribution in [-0.2, 0) is 11.2 Å². The van der Waals surface area contributed by atoms with Crippen LogP contribution >= 0.6 is 23.4 Å². The highest BCUT2D eigenvalue weighted by atomic mass is 35.5. The number of nitrogens with one attached hydrogen (secondary N) is 1. The molecule has 0 aliphatic carbocycles. The van der Waals surface area contributed by atoms with E-state index >= 15 is 0 Å². The molecule has 0 saturated heterocycles. The van der Waals surface area contributed by atoms with Gasteiger partial charge in [-0.3, -0.25) is 4.79 Å². The number of ether oxygens (including phenoxy) is 1. The number of nitrogens with zero attached hydrogens (tertiary/aromatic N) is 2. The molecule has 3 aromatic rings. The number of aromatic nitrogens is 2. The summed E-state index contributed by atoms with van der Waals surface area (Å²) < 4.78 is 5.96. The Kier molecular flexibility index (Phi) is 5.78. The molecule has 0 radical (unpaired) electrons. The summed E-state index contributed by atoms with van der Waals surface area (Å²) in [5, 5.41) is 3.51. The van der Waals surface area contributed by atoms with Crippen molar-refractivity contribution in [3.05, 3.63) is 71.8 Å². The first-order valence-electron chi connectivity index (χ1n) is 8.88. The van der Waals surface area contributed by atoms with Gasteiger partial charge in [-0.05, 0) is 29.8 Å². The molecule has 1 amide bonds. The van der Waals surface area contributed by atoms with Gasteiger partial charge in [-0.1, -0.05) is 29.8 Å². The molecule has 0 bridgehead atoms. The molecular weight excluding hydrogens is 394 g/mol. The third-order valence-corrected chi connectivity index (χ3v) is 5.68. The monoisotopic (exact) mass is 411 g/mol. The lowest BCUT2D eigenvalue weighted by Crippen LogP contribution is -2.35. The Labute approximate surface area is 172 Å². The summed E-state index contributed by atoms with van der Waals surface area (Å²) in [5.41, 5.74) is 2.89. The van der Waals surface area contributed by atoms with Gasteiger partial charge in [0.2, 0.25) is 5.91 Å². The molecule has 2 aromatic carbocycles. The van der Waals surface area contributed by atoms with Crippen molar-refractivity contribution in [2.45, 2.75) is 17.4 Å². The van der Waals surface area contributed by atoms with Crippen molar-refractivity contribution in [3.63, 3.8) is 0 Å². The van der Waals surface area contributed by atoms with E-state index in [1.165, 1.54) is 18.1 Å². The zero-order valence-corrected chi connectivity index (χ0v) is 16.5. The average molecular weight is 412 g/mol. The molecule has 142 valence electrons. The lowest BCUT2D eigenvalue weighted by molar-refractivity contribution is -0.118. The van der Waals surface area contributed by atoms with Crippen LogP contribution in [-0.4, -0.2) is 34.3 Å². The standard InChI is InChI=1S/C21H18ClN3O2S/c22-19-8-14(16-9-23-13-24-10-16)6-15-7-17(27-21(15)19)11-25-20(26)12-28-18-4-2-1-3-5-18/h1-6,8-10,13,17H,7,11-12H2,(H,25,26). The second kappa shape index (κ2) is 8.63. The van der Waals surface area contributed by atoms with E-state index in [0.29, 0.717) is 29.5 Å². The van der Waals surface area contributed by atoms with Crippen molar-refractivity contribution in [2.75, 3.05) is 12.3 Å². The Morgan fingerprint density at radius 1 is 1.18 bits per heavy atom. The van der Waals surface area contributed by atoms with Gasteiger partial charge in [0.15, 0.2) is 0 Å². The van der Waals surface area contributed by atoms with Gasteiger partial charge in [0, 0.05) is 34.8 Å². The van der Waals surface area contributed by atoms with Crippen LogP contribution in [0.5, 0.6) is 5.75 Å². The van der Waals surface area contributed by atoms with Crippen molar-refractivity contribution in [1.82, 2.24) is 15.3 Å². The van der Waals surface area contributed by atoms with E-state index in [4.69, 9.17) is 16.3 Å². The van der Waals surface area contributed by atoms with Crippen LogP contribution in [0, 0.1) is 0 Å². The maximum absolute atomic E-state index is 12.1. The van der Waals surface area contributed by atoms with Gasteiger partial charge in [0.05, 0.1) is 17.3 Å². The third kappa shape index (κ3) is 4.46. The molecule has 7 heteroatoms. The third-order valence-electron chi connectivity index (χ3n) is 4.39. The van der Waals surface area contributed by atoms with Crippen LogP contribution in [0.15, 0.2) is 66.1 Å². The first-order chi connectivity index (χ1) is 13.7. The van der Waals surface area contributed by atoms with Gasteiger partial charge >= 0.3 is 0 Å². The molecule has 0 saturated carbocycles. The molecular formula is C21H18ClN3O2S. The Hall–Kier alpha value is -2.57. The fourth-order valence-corrected chi connectivity index (χ4v) is 4.09. The van der Waals surface area contributed by atoms with E-state index in [9.17, 15) is 4.79 Å². The van der Waals surface area contributed by atoms with Crippen molar-refractivity contribution >= 4 is 29.3 Å². The van der Waals surface area contributed by atoms with Crippen LogP contribution < -0.4 is 10.1 Å². The minimum atomic E-state index is -0.125. The molecule has 28 heavy (non-hydrogen) atoms. The van der Waals surface area contributed by atoms with Crippen LogP contribution in [0.25, 0.3) is 11.1 Å². The summed E-state index contributed by atoms with van der Waals surface area (Å²) in [6.07, 6.45) is 5.57. The van der Waals surface area contributed by atoms with Crippen molar-refractivity contribution < 1.29 is 9.53 Å². The van der Waals surface area contributed by atoms with E-state index in [0.717, 1.165) is 21.6 Å². The number of rotatable bonds is 6. The molecule has 1 atom stereocenters. The SMILES string of the molecule is O=C(CSc1ccccc1)NCC1Cc2cc(-c3cncnc3)cc(Cl)c2O1. The maximum Gasteiger partial charge on any atom is 0.230 e. The normalized spacial score (nSPS) is 15.0. The number of carbonyl (C=O) groups excluding carboxylic acids is 1. The molecule has 1 N–H and O–H groups in total. The number of carbonyl (C=O) groups is 1. The fourth-order valence-electron chi connectivity index (χ4n) is 3.06. The Morgan fingerprint density at radius 3 is 2.75 bits per heavy atom. The number of hydrogen-bond acceptors (Lipinski definition) is 5. The van der Waals surface area contributed by atoms with E-state index in [2.05, 4.69) is 15.3 Å². The Balaban J connectivity index is 1.33. The Morgan fingerprint density at radius 2 is 1.96 bits per heavy atom. The summed E-state index contributed by atoms with van der Waals surface area (Å²) >= 11 is 7.93. The van der Waals surface area contributed by atoms with Crippen molar-refractivity contribution in [2.24, 2.45) is 0 Å². The maximum atomic E-state index is 12.1. The molecule has 2 heterocycles. The second-order valence-electron chi connectivity index (χ2n) is 6.42. The topological polar surface area (TPSA) is 64.1 Å². The fraction of sp³-hybridized carbons (Fsp3) is 0.190. The van der Waals surface area contributed by atoms with Gasteiger partial charge in [0.25, 0.3) is 0 Å². The van der Waals surface area contributed by atoms with E-state index in [-0.39, 0.29) is 12.0 Å². The summed E-state index contributed by atoms with van der Waals surface area (Å²) in [5.74, 6) is 1.06. The summed E-state index contributed by atoms with van der Waals surface area (Å²) in [6, 6.07) is 13.8. The lowest BCUT2D eigenvalue weighted by atomic mass is 10.0. The zero-order valence-electron chi connectivity index (χ0n) is 15.0. The van der Waals surface area contributed by atoms with E-state index in [1.54, 1.807) is 12.4 Å². The van der Waals surface area contributed by atoms with Crippen LogP contribution in [0.3, 0.4) is 0 Å². The van der Waals surface area contributed by atoms with E-state index < -0.39 is 0 Å². The highest BCUT2D eigenvalue weighted by molar-refractivity contribution is 8.00. The largest absolute Gasteiger partial charge is 0.486 e. The van der Waals surface area contributed by atoms with Crippen molar-refractivity contribution in [3.8, 4) is 16.9 Å². The highest BCUT2D eigenvalue weighted by Gasteiger charge is 2.26. The van der Waals surface area contributed by atoms with Gasteiger partial charge < -0.3 is 10.1 Å². The predicted molar refractivity (Wildman–Crippen MR) is 111 cm³/mol. The minimum Gasteiger partial charge on any atom is -0.486 e. The molecule has 5 nitrogen and oxygen atoms in total. The number of benzene rings is 2. The number of amides is 1. The predicted octanol–water partition coefficient (Wildman–Crippen LogP) is 4.01. The molecule has 1 aromatic heterocycles. The number of hydrogen-bond donors (Lipinski definition) is 1. The summed E-state index contributed by atoms with van der Waals surface area (Å²) in [6.45, 7) is 0.447. The number of fused-ring (bicyclic) bond motifs is 1. The van der Waals surface area contributed by atoms with Crippen LogP contribution in [0.2, 0.25) is 5.02 Å². The summed E-state index contributed by atoms with van der Waals surface area (Å²) in [7, 11) is 0. The van der Waals surface area contributed by atoms with E-state index in [1.807, 2.05) is 42.5 Å². The Bertz CT molecular complexity index is 970. The number of thioether (sulfide) groups is 1. The quantitative estimate of drug-likeness (QED) is 0.621. The second-order valence-corrected chi connectivity index (χ2v) is 7.88. The molecule has 4 rings (SSSR count). The van der Waals surface area contributed by atoms with Gasteiger partial charge in [-0.2, -0.15) is 0 Å². The van der Waals surface area contributed by atoms with Gasteiger partial charge in [-0.15, -0.1) is 11.8 Å². The molecule has 0 spiro atoms. The smallest absolute Gasteiger partial charge is 0.230 e. The zero-order chi connectivity index (χ0) is 19.3. The minimum absolute atomic E-state index is 0.0124. The molecule has 1 unspecified atom stereocenters. The number of halogens is 1. The first-order valence-corrected chi connectivity index (χ1v) is 10.2. The molecule has 0 fully saturated rings. The molecule has 1 aliphatic rings. The van der Waals surface area contributed by atoms with Crippen molar-refractivity contribution in [1.29, 1.82) is 0 Å².